The number of hydrogen-bond acceptors (Lipinski definition) is 4. The van der Waals surface area contributed by atoms with E-state index in [-0.39, 0.29) is 12.2 Å². The Morgan fingerprint density at radius 3 is 2.78 bits per heavy atom. The maximum Gasteiger partial charge on any atom is 0.172 e. The molecule has 0 spiro atoms. The van der Waals surface area contributed by atoms with E-state index in [2.05, 4.69) is 10.3 Å². The van der Waals surface area contributed by atoms with Gasteiger partial charge in [-0.2, -0.15) is 5.26 Å². The summed E-state index contributed by atoms with van der Waals surface area (Å²) in [5.41, 5.74) is 3.99. The van der Waals surface area contributed by atoms with Crippen molar-refractivity contribution < 1.29 is 4.79 Å². The number of nitrogens with zero attached hydrogens (tertiary/aromatic N) is 4. The minimum atomic E-state index is 0.0725. The van der Waals surface area contributed by atoms with Crippen LogP contribution in [0.2, 0.25) is 0 Å². The zero-order chi connectivity index (χ0) is 13.1. The number of aromatic nitrogens is 3. The number of aryl methyl sites for hydroxylation is 2. The summed E-state index contributed by atoms with van der Waals surface area (Å²) in [5.74, 6) is 0. The van der Waals surface area contributed by atoms with Gasteiger partial charge in [-0.05, 0) is 31.0 Å². The van der Waals surface area contributed by atoms with E-state index in [0.29, 0.717) is 12.0 Å². The van der Waals surface area contributed by atoms with Crippen molar-refractivity contribution in [2.75, 3.05) is 0 Å². The van der Waals surface area contributed by atoms with Crippen LogP contribution >= 0.6 is 0 Å². The lowest BCUT2D eigenvalue weighted by molar-refractivity contribution is 0.111. The third-order valence-electron chi connectivity index (χ3n) is 2.87. The third-order valence-corrected chi connectivity index (χ3v) is 2.87. The SMILES string of the molecule is Cc1ccc(-c2c(C=O)nnn2CC#N)cc1C. The smallest absolute Gasteiger partial charge is 0.172 e. The van der Waals surface area contributed by atoms with Crippen LogP contribution in [0.3, 0.4) is 0 Å². The maximum atomic E-state index is 11.0. The molecule has 0 aliphatic rings. The van der Waals surface area contributed by atoms with Crippen molar-refractivity contribution in [1.29, 1.82) is 5.26 Å². The number of aldehydes is 1. The molecule has 1 aromatic carbocycles. The van der Waals surface area contributed by atoms with Gasteiger partial charge in [-0.3, -0.25) is 4.79 Å². The molecule has 5 nitrogen and oxygen atoms in total. The molecule has 2 rings (SSSR count). The van der Waals surface area contributed by atoms with Crippen molar-refractivity contribution in [2.45, 2.75) is 20.4 Å². The summed E-state index contributed by atoms with van der Waals surface area (Å²) in [6, 6.07) is 7.85. The van der Waals surface area contributed by atoms with Gasteiger partial charge < -0.3 is 0 Å². The first-order valence-electron chi connectivity index (χ1n) is 5.50. The fraction of sp³-hybridized carbons (Fsp3) is 0.231. The summed E-state index contributed by atoms with van der Waals surface area (Å²) in [6.45, 7) is 4.09. The van der Waals surface area contributed by atoms with Crippen LogP contribution in [-0.4, -0.2) is 21.3 Å². The highest BCUT2D eigenvalue weighted by Gasteiger charge is 2.14. The molecule has 18 heavy (non-hydrogen) atoms. The van der Waals surface area contributed by atoms with Crippen LogP contribution in [0.1, 0.15) is 21.6 Å². The average Bonchev–Trinajstić information content (AvgIpc) is 2.76. The molecule has 1 aromatic heterocycles. The van der Waals surface area contributed by atoms with E-state index in [1.807, 2.05) is 38.1 Å². The second-order valence-electron chi connectivity index (χ2n) is 4.06. The van der Waals surface area contributed by atoms with E-state index in [4.69, 9.17) is 5.26 Å². The Hall–Kier alpha value is -2.48. The van der Waals surface area contributed by atoms with Crippen LogP contribution in [0.5, 0.6) is 0 Å². The molecule has 0 aliphatic heterocycles. The second kappa shape index (κ2) is 4.80. The molecule has 90 valence electrons. The number of rotatable bonds is 3. The van der Waals surface area contributed by atoms with E-state index >= 15 is 0 Å². The quantitative estimate of drug-likeness (QED) is 0.768. The van der Waals surface area contributed by atoms with E-state index in [1.165, 1.54) is 10.2 Å². The zero-order valence-electron chi connectivity index (χ0n) is 10.2. The monoisotopic (exact) mass is 240 g/mol. The maximum absolute atomic E-state index is 11.0. The fourth-order valence-corrected chi connectivity index (χ4v) is 1.77. The normalized spacial score (nSPS) is 10.1. The first kappa shape index (κ1) is 12.0. The van der Waals surface area contributed by atoms with Gasteiger partial charge in [0.25, 0.3) is 0 Å². The van der Waals surface area contributed by atoms with E-state index in [0.717, 1.165) is 11.1 Å². The van der Waals surface area contributed by atoms with Crippen LogP contribution in [0.15, 0.2) is 18.2 Å². The van der Waals surface area contributed by atoms with Crippen molar-refractivity contribution in [3.8, 4) is 17.3 Å². The van der Waals surface area contributed by atoms with Crippen LogP contribution in [-0.2, 0) is 6.54 Å². The molecule has 0 saturated carbocycles. The van der Waals surface area contributed by atoms with Crippen LogP contribution in [0.25, 0.3) is 11.3 Å². The molecule has 0 atom stereocenters. The molecule has 2 aromatic rings. The lowest BCUT2D eigenvalue weighted by Gasteiger charge is -2.06. The van der Waals surface area contributed by atoms with Gasteiger partial charge in [0.1, 0.15) is 12.2 Å². The van der Waals surface area contributed by atoms with Gasteiger partial charge in [0.05, 0.1) is 6.07 Å². The predicted octanol–water partition coefficient (Wildman–Crippen LogP) is 1.90. The Morgan fingerprint density at radius 2 is 2.17 bits per heavy atom. The minimum Gasteiger partial charge on any atom is -0.296 e. The lowest BCUT2D eigenvalue weighted by Crippen LogP contribution is -2.01. The Kier molecular flexibility index (Phi) is 3.20. The minimum absolute atomic E-state index is 0.0725. The molecule has 0 N–H and O–H groups in total. The van der Waals surface area contributed by atoms with Gasteiger partial charge in [-0.25, -0.2) is 4.68 Å². The van der Waals surface area contributed by atoms with Crippen molar-refractivity contribution in [1.82, 2.24) is 15.0 Å². The highest BCUT2D eigenvalue weighted by molar-refractivity contribution is 5.83. The van der Waals surface area contributed by atoms with Crippen molar-refractivity contribution in [3.63, 3.8) is 0 Å². The second-order valence-corrected chi connectivity index (χ2v) is 4.06. The molecule has 0 saturated heterocycles. The molecule has 0 bridgehead atoms. The molecule has 0 radical (unpaired) electrons. The Labute approximate surface area is 105 Å². The van der Waals surface area contributed by atoms with Gasteiger partial charge in [0, 0.05) is 5.56 Å². The molecular formula is C13H12N4O. The molecule has 5 heteroatoms. The summed E-state index contributed by atoms with van der Waals surface area (Å²) in [4.78, 5) is 11.0. The number of benzene rings is 1. The van der Waals surface area contributed by atoms with Crippen LogP contribution < -0.4 is 0 Å². The number of carbonyl (C=O) groups is 1. The van der Waals surface area contributed by atoms with Gasteiger partial charge in [0.2, 0.25) is 0 Å². The van der Waals surface area contributed by atoms with Crippen molar-refractivity contribution >= 4 is 6.29 Å². The summed E-state index contributed by atoms with van der Waals surface area (Å²) in [5, 5.41) is 16.3. The summed E-state index contributed by atoms with van der Waals surface area (Å²) in [7, 11) is 0. The molecule has 0 amide bonds. The Bertz CT molecular complexity index is 637. The molecule has 1 heterocycles. The fourth-order valence-electron chi connectivity index (χ4n) is 1.77. The van der Waals surface area contributed by atoms with E-state index in [1.54, 1.807) is 0 Å². The summed E-state index contributed by atoms with van der Waals surface area (Å²) >= 11 is 0. The van der Waals surface area contributed by atoms with Crippen molar-refractivity contribution in [2.24, 2.45) is 0 Å². The highest BCUT2D eigenvalue weighted by atomic mass is 16.1. The zero-order valence-corrected chi connectivity index (χ0v) is 10.2. The van der Waals surface area contributed by atoms with Crippen LogP contribution in [0.4, 0.5) is 0 Å². The topological polar surface area (TPSA) is 71.6 Å². The first-order valence-corrected chi connectivity index (χ1v) is 5.50. The van der Waals surface area contributed by atoms with Gasteiger partial charge in [-0.15, -0.1) is 5.10 Å². The van der Waals surface area contributed by atoms with Crippen LogP contribution in [0, 0.1) is 25.2 Å². The summed E-state index contributed by atoms with van der Waals surface area (Å²) < 4.78 is 1.44. The number of nitriles is 1. The Balaban J connectivity index is 2.61. The number of carbonyl (C=O) groups excluding carboxylic acids is 1. The third kappa shape index (κ3) is 2.00. The first-order chi connectivity index (χ1) is 8.67. The molecule has 0 fully saturated rings. The Morgan fingerprint density at radius 1 is 1.39 bits per heavy atom. The van der Waals surface area contributed by atoms with E-state index in [9.17, 15) is 4.79 Å². The standard InChI is InChI=1S/C13H12N4O/c1-9-3-4-11(7-10(9)2)13-12(8-18)15-16-17(13)6-5-14/h3-4,7-8H,6H2,1-2H3. The molecular weight excluding hydrogens is 228 g/mol. The molecule has 0 aliphatic carbocycles. The average molecular weight is 240 g/mol. The van der Waals surface area contributed by atoms with Gasteiger partial charge in [-0.1, -0.05) is 17.3 Å². The largest absolute Gasteiger partial charge is 0.296 e. The van der Waals surface area contributed by atoms with E-state index < -0.39 is 0 Å². The molecule has 0 unspecified atom stereocenters. The highest BCUT2D eigenvalue weighted by Crippen LogP contribution is 2.23. The summed E-state index contributed by atoms with van der Waals surface area (Å²) in [6.07, 6.45) is 0.658. The van der Waals surface area contributed by atoms with Crippen molar-refractivity contribution in [3.05, 3.63) is 35.0 Å². The van der Waals surface area contributed by atoms with Gasteiger partial charge in [0.15, 0.2) is 12.0 Å². The predicted molar refractivity (Wildman–Crippen MR) is 65.9 cm³/mol. The van der Waals surface area contributed by atoms with Gasteiger partial charge >= 0.3 is 0 Å². The lowest BCUT2D eigenvalue weighted by atomic mass is 10.0. The number of hydrogen-bond donors (Lipinski definition) is 0.